The molecular formula is C21H31ClN8O. The van der Waals surface area contributed by atoms with Crippen LogP contribution in [0.25, 0.3) is 11.3 Å². The number of nitrogen functional groups attached to an aromatic ring is 1. The van der Waals surface area contributed by atoms with Gasteiger partial charge in [-0.05, 0) is 26.2 Å². The largest absolute Gasteiger partial charge is 0.377 e. The van der Waals surface area contributed by atoms with Gasteiger partial charge in [-0.3, -0.25) is 0 Å². The lowest BCUT2D eigenvalue weighted by Gasteiger charge is -2.40. The second-order valence-corrected chi connectivity index (χ2v) is 8.91. The van der Waals surface area contributed by atoms with Crippen molar-refractivity contribution in [2.45, 2.75) is 38.8 Å². The number of hydrogen-bond donors (Lipinski definition) is 2. The minimum Gasteiger partial charge on any atom is -0.377 e. The van der Waals surface area contributed by atoms with Crippen molar-refractivity contribution < 1.29 is 4.74 Å². The molecule has 168 valence electrons. The number of halogens is 1. The highest BCUT2D eigenvalue weighted by Crippen LogP contribution is 2.41. The number of hydrogen-bond acceptors (Lipinski definition) is 9. The van der Waals surface area contributed by atoms with Gasteiger partial charge in [0, 0.05) is 49.7 Å². The summed E-state index contributed by atoms with van der Waals surface area (Å²) in [5.74, 6) is 2.60. The average Bonchev–Trinajstić information content (AvgIpc) is 3.32. The summed E-state index contributed by atoms with van der Waals surface area (Å²) in [5.41, 5.74) is 8.73. The molecule has 0 saturated carbocycles. The van der Waals surface area contributed by atoms with Gasteiger partial charge in [0.05, 0.1) is 30.5 Å². The molecule has 10 heteroatoms. The molecule has 0 bridgehead atoms. The van der Waals surface area contributed by atoms with E-state index in [4.69, 9.17) is 20.4 Å². The molecule has 3 aliphatic heterocycles. The van der Waals surface area contributed by atoms with Crippen LogP contribution in [-0.4, -0.2) is 70.9 Å². The molecule has 0 unspecified atom stereocenters. The number of morpholine rings is 1. The molecule has 3 atom stereocenters. The Morgan fingerprint density at radius 3 is 2.65 bits per heavy atom. The third kappa shape index (κ3) is 3.68. The molecule has 5 rings (SSSR count). The van der Waals surface area contributed by atoms with Crippen LogP contribution in [0, 0.1) is 5.92 Å². The summed E-state index contributed by atoms with van der Waals surface area (Å²) in [5, 5.41) is 3.56. The van der Waals surface area contributed by atoms with Crippen molar-refractivity contribution in [2.24, 2.45) is 5.92 Å². The first-order valence-corrected chi connectivity index (χ1v) is 10.8. The minimum atomic E-state index is 0. The fourth-order valence-electron chi connectivity index (χ4n) is 4.89. The monoisotopic (exact) mass is 446 g/mol. The summed E-state index contributed by atoms with van der Waals surface area (Å²) in [7, 11) is 0. The first-order valence-electron chi connectivity index (χ1n) is 10.8. The van der Waals surface area contributed by atoms with Gasteiger partial charge in [-0.1, -0.05) is 6.92 Å². The highest BCUT2D eigenvalue weighted by molar-refractivity contribution is 5.85. The van der Waals surface area contributed by atoms with Crippen LogP contribution >= 0.6 is 12.4 Å². The van der Waals surface area contributed by atoms with E-state index in [0.29, 0.717) is 19.1 Å². The number of rotatable bonds is 3. The molecule has 3 aliphatic rings. The maximum Gasteiger partial charge on any atom is 0.228 e. The van der Waals surface area contributed by atoms with Crippen molar-refractivity contribution >= 4 is 30.1 Å². The fourth-order valence-corrected chi connectivity index (χ4v) is 4.89. The maximum atomic E-state index is 5.73. The summed E-state index contributed by atoms with van der Waals surface area (Å²) in [6.07, 6.45) is 4.44. The van der Waals surface area contributed by atoms with E-state index in [1.165, 1.54) is 5.56 Å². The molecule has 2 aromatic heterocycles. The Hall–Kier alpha value is -2.23. The summed E-state index contributed by atoms with van der Waals surface area (Å²) in [6.45, 7) is 11.9. The average molecular weight is 447 g/mol. The van der Waals surface area contributed by atoms with Crippen LogP contribution in [0.4, 0.5) is 17.7 Å². The van der Waals surface area contributed by atoms with Gasteiger partial charge >= 0.3 is 0 Å². The number of nitrogens with two attached hydrogens (primary N) is 1. The predicted molar refractivity (Wildman–Crippen MR) is 124 cm³/mol. The maximum absolute atomic E-state index is 5.73. The standard InChI is InChI=1S/C21H30N8O.ClH/c1-13-8-23-12-21(13,3)29-5-4-16-17(15-9-24-19(22)25-10-15)26-20(27-18(16)29)28-6-7-30-11-14(28)2;/h9-10,13-14,23H,4-8,11-12H2,1-3H3,(H2,22,24,25);1H/t13-,14-,21-;/m0./s1. The van der Waals surface area contributed by atoms with Crippen molar-refractivity contribution in [1.29, 1.82) is 0 Å². The van der Waals surface area contributed by atoms with E-state index in [9.17, 15) is 0 Å². The van der Waals surface area contributed by atoms with Gasteiger partial charge in [0.25, 0.3) is 0 Å². The van der Waals surface area contributed by atoms with Gasteiger partial charge in [0.15, 0.2) is 0 Å². The number of anilines is 3. The van der Waals surface area contributed by atoms with Crippen LogP contribution in [0.3, 0.4) is 0 Å². The molecule has 2 aromatic rings. The first kappa shape index (κ1) is 22.0. The topological polar surface area (TPSA) is 105 Å². The van der Waals surface area contributed by atoms with E-state index in [2.05, 4.69) is 45.9 Å². The van der Waals surface area contributed by atoms with E-state index < -0.39 is 0 Å². The highest BCUT2D eigenvalue weighted by Gasteiger charge is 2.45. The van der Waals surface area contributed by atoms with Crippen molar-refractivity contribution in [3.8, 4) is 11.3 Å². The van der Waals surface area contributed by atoms with Gasteiger partial charge in [-0.2, -0.15) is 4.98 Å². The minimum absolute atomic E-state index is 0. The lowest BCUT2D eigenvalue weighted by molar-refractivity contribution is 0.0981. The van der Waals surface area contributed by atoms with Crippen LogP contribution in [0.15, 0.2) is 12.4 Å². The first-order chi connectivity index (χ1) is 14.5. The lowest BCUT2D eigenvalue weighted by atomic mass is 9.89. The van der Waals surface area contributed by atoms with Gasteiger partial charge in [-0.15, -0.1) is 12.4 Å². The van der Waals surface area contributed by atoms with Crippen LogP contribution in [-0.2, 0) is 11.2 Å². The van der Waals surface area contributed by atoms with Crippen LogP contribution in [0.1, 0.15) is 26.3 Å². The Balaban J connectivity index is 0.00000231. The number of ether oxygens (including phenoxy) is 1. The molecule has 31 heavy (non-hydrogen) atoms. The molecular weight excluding hydrogens is 416 g/mol. The Labute approximate surface area is 189 Å². The smallest absolute Gasteiger partial charge is 0.228 e. The van der Waals surface area contributed by atoms with E-state index in [-0.39, 0.29) is 29.9 Å². The van der Waals surface area contributed by atoms with E-state index in [1.807, 2.05) is 0 Å². The molecule has 5 heterocycles. The normalized spacial score (nSPS) is 27.8. The highest BCUT2D eigenvalue weighted by atomic mass is 35.5. The second-order valence-electron chi connectivity index (χ2n) is 8.91. The SMILES string of the molecule is C[C@H]1COCCN1c1nc(-c2cnc(N)nc2)c2c(n1)N([C@@]1(C)CNC[C@@H]1C)CC2.Cl. The summed E-state index contributed by atoms with van der Waals surface area (Å²) in [6, 6.07) is 0.227. The van der Waals surface area contributed by atoms with Gasteiger partial charge < -0.3 is 25.6 Å². The van der Waals surface area contributed by atoms with Crippen molar-refractivity contribution in [3.05, 3.63) is 18.0 Å². The van der Waals surface area contributed by atoms with Crippen molar-refractivity contribution in [2.75, 3.05) is 54.9 Å². The van der Waals surface area contributed by atoms with E-state index in [0.717, 1.165) is 55.6 Å². The van der Waals surface area contributed by atoms with E-state index >= 15 is 0 Å². The Morgan fingerprint density at radius 2 is 1.97 bits per heavy atom. The van der Waals surface area contributed by atoms with Gasteiger partial charge in [-0.25, -0.2) is 15.0 Å². The number of nitrogens with zero attached hydrogens (tertiary/aromatic N) is 6. The number of aromatic nitrogens is 4. The van der Waals surface area contributed by atoms with Gasteiger partial charge in [0.2, 0.25) is 11.9 Å². The molecule has 2 saturated heterocycles. The lowest BCUT2D eigenvalue weighted by Crippen LogP contribution is -2.51. The van der Waals surface area contributed by atoms with Crippen molar-refractivity contribution in [3.63, 3.8) is 0 Å². The second kappa shape index (κ2) is 8.37. The predicted octanol–water partition coefficient (Wildman–Crippen LogP) is 1.52. The molecule has 0 spiro atoms. The zero-order chi connectivity index (χ0) is 20.9. The summed E-state index contributed by atoms with van der Waals surface area (Å²) < 4.78 is 5.64. The zero-order valence-corrected chi connectivity index (χ0v) is 19.2. The fraction of sp³-hybridized carbons (Fsp3) is 0.619. The number of nitrogens with one attached hydrogen (secondary N) is 1. The quantitative estimate of drug-likeness (QED) is 0.725. The summed E-state index contributed by atoms with van der Waals surface area (Å²) >= 11 is 0. The Kier molecular flexibility index (Phi) is 5.93. The van der Waals surface area contributed by atoms with Crippen LogP contribution in [0.2, 0.25) is 0 Å². The Morgan fingerprint density at radius 1 is 1.19 bits per heavy atom. The molecule has 3 N–H and O–H groups in total. The number of fused-ring (bicyclic) bond motifs is 1. The van der Waals surface area contributed by atoms with E-state index in [1.54, 1.807) is 12.4 Å². The third-order valence-corrected chi connectivity index (χ3v) is 7.00. The molecule has 0 radical (unpaired) electrons. The Bertz CT molecular complexity index is 942. The third-order valence-electron chi connectivity index (χ3n) is 7.00. The molecule has 0 amide bonds. The van der Waals surface area contributed by atoms with Crippen LogP contribution < -0.4 is 20.9 Å². The molecule has 2 fully saturated rings. The van der Waals surface area contributed by atoms with Crippen molar-refractivity contribution in [1.82, 2.24) is 25.3 Å². The van der Waals surface area contributed by atoms with Crippen LogP contribution in [0.5, 0.6) is 0 Å². The molecule has 0 aromatic carbocycles. The van der Waals surface area contributed by atoms with Gasteiger partial charge in [0.1, 0.15) is 5.82 Å². The molecule has 0 aliphatic carbocycles. The zero-order valence-electron chi connectivity index (χ0n) is 18.3. The molecule has 9 nitrogen and oxygen atoms in total. The summed E-state index contributed by atoms with van der Waals surface area (Å²) in [4.78, 5) is 23.3.